The minimum absolute atomic E-state index is 0.0274. The molecule has 0 aromatic rings. The molecular formula is C14H29FN2O4. The lowest BCUT2D eigenvalue weighted by molar-refractivity contribution is -0.0666. The lowest BCUT2D eigenvalue weighted by Crippen LogP contribution is -2.38. The van der Waals surface area contributed by atoms with Gasteiger partial charge in [-0.25, -0.2) is 4.39 Å². The zero-order valence-corrected chi connectivity index (χ0v) is 12.7. The third kappa shape index (κ3) is 7.49. The predicted molar refractivity (Wildman–Crippen MR) is 77.8 cm³/mol. The minimum atomic E-state index is -0.417. The van der Waals surface area contributed by atoms with Gasteiger partial charge in [0.05, 0.1) is 12.7 Å². The van der Waals surface area contributed by atoms with Crippen molar-refractivity contribution in [3.8, 4) is 0 Å². The number of alkyl halides is 1. The zero-order valence-electron chi connectivity index (χ0n) is 12.7. The Bertz CT molecular complexity index is 255. The van der Waals surface area contributed by atoms with Gasteiger partial charge in [-0.05, 0) is 12.8 Å². The van der Waals surface area contributed by atoms with E-state index in [0.29, 0.717) is 39.2 Å². The smallest absolute Gasteiger partial charge is 0.112 e. The van der Waals surface area contributed by atoms with Crippen LogP contribution in [0.4, 0.5) is 4.39 Å². The van der Waals surface area contributed by atoms with Crippen LogP contribution in [0.25, 0.3) is 0 Å². The van der Waals surface area contributed by atoms with E-state index in [1.54, 1.807) is 0 Å². The molecule has 1 heterocycles. The van der Waals surface area contributed by atoms with E-state index < -0.39 is 6.67 Å². The number of rotatable bonds is 12. The Morgan fingerprint density at radius 2 is 2.05 bits per heavy atom. The van der Waals surface area contributed by atoms with Crippen molar-refractivity contribution >= 4 is 0 Å². The Kier molecular flexibility index (Phi) is 10.1. The van der Waals surface area contributed by atoms with Crippen molar-refractivity contribution in [2.45, 2.75) is 31.6 Å². The molecule has 1 rings (SSSR count). The molecule has 0 aromatic heterocycles. The Morgan fingerprint density at radius 3 is 2.62 bits per heavy atom. The molecule has 0 saturated carbocycles. The first-order chi connectivity index (χ1) is 10.2. The van der Waals surface area contributed by atoms with Gasteiger partial charge in [0.2, 0.25) is 0 Å². The fraction of sp³-hybridized carbons (Fsp3) is 1.00. The first-order valence-electron chi connectivity index (χ1n) is 7.75. The van der Waals surface area contributed by atoms with Crippen LogP contribution in [0.2, 0.25) is 0 Å². The second-order valence-corrected chi connectivity index (χ2v) is 5.38. The van der Waals surface area contributed by atoms with Crippen LogP contribution in [0.1, 0.15) is 19.3 Å². The number of aliphatic hydroxyl groups excluding tert-OH is 3. The molecule has 1 aliphatic heterocycles. The maximum Gasteiger partial charge on any atom is 0.112 e. The van der Waals surface area contributed by atoms with Crippen LogP contribution >= 0.6 is 0 Å². The van der Waals surface area contributed by atoms with Crippen LogP contribution in [0.3, 0.4) is 0 Å². The fourth-order valence-electron chi connectivity index (χ4n) is 2.62. The number of hydrogen-bond acceptors (Lipinski definition) is 6. The highest BCUT2D eigenvalue weighted by Gasteiger charge is 2.27. The number of nitrogens with zero attached hydrogens (tertiary/aromatic N) is 2. The monoisotopic (exact) mass is 308 g/mol. The van der Waals surface area contributed by atoms with Crippen molar-refractivity contribution in [3.05, 3.63) is 0 Å². The number of aliphatic hydroxyl groups is 3. The van der Waals surface area contributed by atoms with Gasteiger partial charge in [0, 0.05) is 52.4 Å². The predicted octanol–water partition coefficient (Wildman–Crippen LogP) is -0.568. The summed E-state index contributed by atoms with van der Waals surface area (Å²) in [7, 11) is 0. The lowest BCUT2D eigenvalue weighted by Gasteiger charge is -2.27. The van der Waals surface area contributed by atoms with Gasteiger partial charge in [0.25, 0.3) is 0 Å². The molecule has 1 aliphatic rings. The Labute approximate surface area is 126 Å². The summed E-state index contributed by atoms with van der Waals surface area (Å²) in [6.07, 6.45) is 1.54. The fourth-order valence-corrected chi connectivity index (χ4v) is 2.62. The molecule has 21 heavy (non-hydrogen) atoms. The van der Waals surface area contributed by atoms with Crippen molar-refractivity contribution in [3.63, 3.8) is 0 Å². The van der Waals surface area contributed by atoms with E-state index in [1.165, 1.54) is 0 Å². The molecule has 3 N–H and O–H groups in total. The molecule has 0 bridgehead atoms. The highest BCUT2D eigenvalue weighted by Crippen LogP contribution is 2.16. The molecule has 1 saturated heterocycles. The summed E-state index contributed by atoms with van der Waals surface area (Å²) < 4.78 is 18.1. The van der Waals surface area contributed by atoms with E-state index in [4.69, 9.17) is 14.9 Å². The zero-order chi connectivity index (χ0) is 15.5. The van der Waals surface area contributed by atoms with Crippen molar-refractivity contribution in [1.29, 1.82) is 0 Å². The van der Waals surface area contributed by atoms with E-state index in [1.807, 2.05) is 9.80 Å². The topological polar surface area (TPSA) is 76.4 Å². The number of likely N-dealkylation sites (tertiary alicyclic amines) is 1. The molecular weight excluding hydrogens is 279 g/mol. The van der Waals surface area contributed by atoms with Crippen molar-refractivity contribution < 1.29 is 24.4 Å². The lowest BCUT2D eigenvalue weighted by atomic mass is 10.3. The normalized spacial score (nSPS) is 21.3. The van der Waals surface area contributed by atoms with Gasteiger partial charge in [0.1, 0.15) is 12.9 Å². The molecule has 0 spiro atoms. The van der Waals surface area contributed by atoms with Gasteiger partial charge >= 0.3 is 0 Å². The second-order valence-electron chi connectivity index (χ2n) is 5.38. The van der Waals surface area contributed by atoms with Crippen LogP contribution in [0, 0.1) is 0 Å². The average Bonchev–Trinajstić information content (AvgIpc) is 2.89. The van der Waals surface area contributed by atoms with Crippen LogP contribution in [-0.2, 0) is 4.74 Å². The number of halogens is 1. The molecule has 0 amide bonds. The highest BCUT2D eigenvalue weighted by atomic mass is 19.1. The van der Waals surface area contributed by atoms with Gasteiger partial charge < -0.3 is 20.1 Å². The first-order valence-corrected chi connectivity index (χ1v) is 7.75. The maximum atomic E-state index is 12.3. The summed E-state index contributed by atoms with van der Waals surface area (Å²) in [6.45, 7) is 3.04. The summed E-state index contributed by atoms with van der Waals surface area (Å²) >= 11 is 0. The Hall–Kier alpha value is -0.310. The van der Waals surface area contributed by atoms with Gasteiger partial charge in [-0.2, -0.15) is 0 Å². The van der Waals surface area contributed by atoms with E-state index in [0.717, 1.165) is 19.4 Å². The van der Waals surface area contributed by atoms with Gasteiger partial charge in [-0.1, -0.05) is 0 Å². The van der Waals surface area contributed by atoms with Crippen molar-refractivity contribution in [1.82, 2.24) is 9.80 Å². The van der Waals surface area contributed by atoms with E-state index in [9.17, 15) is 9.50 Å². The molecule has 0 aliphatic carbocycles. The van der Waals surface area contributed by atoms with Crippen LogP contribution < -0.4 is 0 Å². The van der Waals surface area contributed by atoms with Crippen molar-refractivity contribution in [2.24, 2.45) is 0 Å². The maximum absolute atomic E-state index is 12.3. The Morgan fingerprint density at radius 1 is 1.24 bits per heavy atom. The summed E-state index contributed by atoms with van der Waals surface area (Å²) in [5.41, 5.74) is 0. The standard InChI is InChI=1S/C14H29FN2O4/c15-4-7-16(8-10-19)5-1-11-21-14(3-9-18)17-6-2-13(20)12-17/h13-14,18-20H,1-12H2. The SMILES string of the molecule is OCCC(OCCCN(CCO)CCF)N1CCC(O)C1. The molecule has 126 valence electrons. The van der Waals surface area contributed by atoms with E-state index >= 15 is 0 Å². The number of hydrogen-bond donors (Lipinski definition) is 3. The second kappa shape index (κ2) is 11.3. The van der Waals surface area contributed by atoms with E-state index in [2.05, 4.69) is 0 Å². The summed E-state index contributed by atoms with van der Waals surface area (Å²) in [4.78, 5) is 3.91. The first kappa shape index (κ1) is 18.7. The third-order valence-electron chi connectivity index (χ3n) is 3.72. The summed E-state index contributed by atoms with van der Waals surface area (Å²) in [5.74, 6) is 0. The summed E-state index contributed by atoms with van der Waals surface area (Å²) in [5, 5.41) is 27.5. The molecule has 0 radical (unpaired) electrons. The van der Waals surface area contributed by atoms with Crippen LogP contribution in [0.15, 0.2) is 0 Å². The molecule has 2 atom stereocenters. The largest absolute Gasteiger partial charge is 0.396 e. The highest BCUT2D eigenvalue weighted by molar-refractivity contribution is 4.77. The molecule has 7 heteroatoms. The van der Waals surface area contributed by atoms with E-state index in [-0.39, 0.29) is 25.5 Å². The quantitative estimate of drug-likeness (QED) is 0.419. The molecule has 2 unspecified atom stereocenters. The number of β-amino-alcohol motifs (C(OH)–C–C–N with tert-alkyl or cyclic N) is 1. The molecule has 0 aromatic carbocycles. The average molecular weight is 308 g/mol. The minimum Gasteiger partial charge on any atom is -0.396 e. The third-order valence-corrected chi connectivity index (χ3v) is 3.72. The van der Waals surface area contributed by atoms with Gasteiger partial charge in [-0.15, -0.1) is 0 Å². The molecule has 1 fully saturated rings. The Balaban J connectivity index is 2.23. The van der Waals surface area contributed by atoms with Gasteiger partial charge in [0.15, 0.2) is 0 Å². The summed E-state index contributed by atoms with van der Waals surface area (Å²) in [6, 6.07) is 0. The van der Waals surface area contributed by atoms with Crippen LogP contribution in [-0.4, -0.2) is 96.7 Å². The van der Waals surface area contributed by atoms with Crippen LogP contribution in [0.5, 0.6) is 0 Å². The van der Waals surface area contributed by atoms with Crippen molar-refractivity contribution in [2.75, 3.05) is 59.2 Å². The number of ether oxygens (including phenoxy) is 1. The molecule has 6 nitrogen and oxygen atoms in total. The van der Waals surface area contributed by atoms with Gasteiger partial charge in [-0.3, -0.25) is 9.80 Å².